The first-order chi connectivity index (χ1) is 18.1. The van der Waals surface area contributed by atoms with Crippen LogP contribution in [0.1, 0.15) is 22.3 Å². The van der Waals surface area contributed by atoms with E-state index >= 15 is 0 Å². The van der Waals surface area contributed by atoms with E-state index in [0.717, 1.165) is 16.7 Å². The van der Waals surface area contributed by atoms with Gasteiger partial charge in [0.15, 0.2) is 18.1 Å². The molecule has 0 spiro atoms. The summed E-state index contributed by atoms with van der Waals surface area (Å²) < 4.78 is 11.8. The molecule has 0 saturated heterocycles. The SMILES string of the molecule is COc1cc(/C=N\NC(=O)C(=O)Nc2c(C)cccc2C)cc(I)c1OCC(=O)Nc1ccc(C)c(Cl)c1. The van der Waals surface area contributed by atoms with Gasteiger partial charge >= 0.3 is 11.8 Å². The van der Waals surface area contributed by atoms with Gasteiger partial charge in [0, 0.05) is 16.4 Å². The number of rotatable bonds is 8. The third-order valence-electron chi connectivity index (χ3n) is 5.36. The van der Waals surface area contributed by atoms with Crippen LogP contribution in [-0.2, 0) is 14.4 Å². The Bertz CT molecular complexity index is 1390. The largest absolute Gasteiger partial charge is 0.493 e. The third-order valence-corrected chi connectivity index (χ3v) is 6.57. The van der Waals surface area contributed by atoms with E-state index in [1.54, 1.807) is 24.3 Å². The van der Waals surface area contributed by atoms with Crippen LogP contribution in [-0.4, -0.2) is 37.7 Å². The molecule has 0 saturated carbocycles. The lowest BCUT2D eigenvalue weighted by Crippen LogP contribution is -2.32. The van der Waals surface area contributed by atoms with Crippen LogP contribution < -0.4 is 25.5 Å². The molecule has 0 aliphatic rings. The van der Waals surface area contributed by atoms with Crippen LogP contribution in [0.4, 0.5) is 11.4 Å². The van der Waals surface area contributed by atoms with Gasteiger partial charge in [0.05, 0.1) is 16.9 Å². The zero-order valence-electron chi connectivity index (χ0n) is 21.1. The maximum absolute atomic E-state index is 12.4. The molecule has 0 bridgehead atoms. The topological polar surface area (TPSA) is 118 Å². The van der Waals surface area contributed by atoms with Gasteiger partial charge in [-0.3, -0.25) is 14.4 Å². The predicted octanol–water partition coefficient (Wildman–Crippen LogP) is 4.98. The van der Waals surface area contributed by atoms with Crippen molar-refractivity contribution in [2.75, 3.05) is 24.4 Å². The number of carbonyl (C=O) groups is 3. The predicted molar refractivity (Wildman–Crippen MR) is 156 cm³/mol. The number of benzene rings is 3. The highest BCUT2D eigenvalue weighted by molar-refractivity contribution is 14.1. The van der Waals surface area contributed by atoms with Gasteiger partial charge in [0.1, 0.15) is 0 Å². The molecule has 0 fully saturated rings. The summed E-state index contributed by atoms with van der Waals surface area (Å²) in [5, 5.41) is 9.76. The van der Waals surface area contributed by atoms with Gasteiger partial charge in [-0.2, -0.15) is 5.10 Å². The van der Waals surface area contributed by atoms with Crippen LogP contribution in [0.25, 0.3) is 0 Å². The normalized spacial score (nSPS) is 10.7. The number of hydrogen-bond donors (Lipinski definition) is 3. The van der Waals surface area contributed by atoms with Crippen molar-refractivity contribution in [3.8, 4) is 11.5 Å². The lowest BCUT2D eigenvalue weighted by Gasteiger charge is -2.14. The number of nitrogens with one attached hydrogen (secondary N) is 3. The van der Waals surface area contributed by atoms with Gasteiger partial charge in [-0.25, -0.2) is 5.43 Å². The summed E-state index contributed by atoms with van der Waals surface area (Å²) in [5.41, 5.74) is 6.53. The summed E-state index contributed by atoms with van der Waals surface area (Å²) >= 11 is 8.14. The molecule has 0 atom stereocenters. The molecule has 3 N–H and O–H groups in total. The van der Waals surface area contributed by atoms with Gasteiger partial charge in [-0.1, -0.05) is 35.9 Å². The van der Waals surface area contributed by atoms with Gasteiger partial charge in [-0.05, 0) is 89.9 Å². The van der Waals surface area contributed by atoms with Crippen LogP contribution in [0.15, 0.2) is 53.6 Å². The Kier molecular flexibility index (Phi) is 10.1. The van der Waals surface area contributed by atoms with E-state index in [0.29, 0.717) is 37.0 Å². The zero-order chi connectivity index (χ0) is 27.8. The number of hydrazone groups is 1. The number of ether oxygens (including phenoxy) is 2. The fourth-order valence-corrected chi connectivity index (χ4v) is 4.32. The highest BCUT2D eigenvalue weighted by Gasteiger charge is 2.16. The molecule has 0 heterocycles. The number of amides is 3. The number of aryl methyl sites for hydroxylation is 3. The summed E-state index contributed by atoms with van der Waals surface area (Å²) in [5.74, 6) is -1.37. The first-order valence-electron chi connectivity index (χ1n) is 11.4. The van der Waals surface area contributed by atoms with Crippen LogP contribution >= 0.6 is 34.2 Å². The maximum atomic E-state index is 12.4. The van der Waals surface area contributed by atoms with Crippen molar-refractivity contribution in [2.45, 2.75) is 20.8 Å². The molecule has 0 aliphatic carbocycles. The van der Waals surface area contributed by atoms with E-state index in [9.17, 15) is 14.4 Å². The highest BCUT2D eigenvalue weighted by Crippen LogP contribution is 2.33. The Morgan fingerprint density at radius 3 is 2.34 bits per heavy atom. The molecule has 198 valence electrons. The zero-order valence-corrected chi connectivity index (χ0v) is 24.1. The van der Waals surface area contributed by atoms with E-state index < -0.39 is 11.8 Å². The van der Waals surface area contributed by atoms with Crippen LogP contribution in [0.2, 0.25) is 5.02 Å². The Balaban J connectivity index is 1.60. The Morgan fingerprint density at radius 1 is 0.974 bits per heavy atom. The summed E-state index contributed by atoms with van der Waals surface area (Å²) in [6.07, 6.45) is 1.37. The number of carbonyl (C=O) groups excluding carboxylic acids is 3. The first-order valence-corrected chi connectivity index (χ1v) is 12.8. The number of halogens is 2. The Hall–Kier alpha value is -3.64. The van der Waals surface area contributed by atoms with Crippen molar-refractivity contribution < 1.29 is 23.9 Å². The average molecular weight is 649 g/mol. The Labute approximate surface area is 239 Å². The molecular weight excluding hydrogens is 623 g/mol. The molecule has 11 heteroatoms. The number of anilines is 2. The maximum Gasteiger partial charge on any atom is 0.329 e. The summed E-state index contributed by atoms with van der Waals surface area (Å²) in [6.45, 7) is 5.30. The van der Waals surface area contributed by atoms with Crippen LogP contribution in [0, 0.1) is 24.3 Å². The number of para-hydroxylation sites is 1. The molecule has 9 nitrogen and oxygen atoms in total. The van der Waals surface area contributed by atoms with E-state index in [1.165, 1.54) is 13.3 Å². The Morgan fingerprint density at radius 2 is 1.68 bits per heavy atom. The molecule has 3 rings (SSSR count). The molecule has 0 unspecified atom stereocenters. The molecule has 0 aliphatic heterocycles. The number of methoxy groups -OCH3 is 1. The number of hydrogen-bond acceptors (Lipinski definition) is 6. The second-order valence-corrected chi connectivity index (χ2v) is 9.82. The van der Waals surface area contributed by atoms with E-state index in [-0.39, 0.29) is 12.5 Å². The van der Waals surface area contributed by atoms with Crippen molar-refractivity contribution in [1.29, 1.82) is 0 Å². The third kappa shape index (κ3) is 7.68. The lowest BCUT2D eigenvalue weighted by molar-refractivity contribution is -0.136. The van der Waals surface area contributed by atoms with Crippen LogP contribution in [0.5, 0.6) is 11.5 Å². The lowest BCUT2D eigenvalue weighted by atomic mass is 10.1. The quantitative estimate of drug-likeness (QED) is 0.138. The molecule has 0 aromatic heterocycles. The van der Waals surface area contributed by atoms with E-state index in [4.69, 9.17) is 21.1 Å². The van der Waals surface area contributed by atoms with Crippen molar-refractivity contribution >= 4 is 69.5 Å². The summed E-state index contributed by atoms with van der Waals surface area (Å²) in [4.78, 5) is 36.8. The summed E-state index contributed by atoms with van der Waals surface area (Å²) in [6, 6.07) is 14.1. The molecule has 3 aromatic carbocycles. The van der Waals surface area contributed by atoms with Crippen LogP contribution in [0.3, 0.4) is 0 Å². The van der Waals surface area contributed by atoms with E-state index in [1.807, 2.05) is 67.6 Å². The molecular formula is C27H26ClIN4O5. The standard InChI is InChI=1S/C27H26ClIN4O5/c1-15-8-9-19(12-20(15)28)31-23(34)14-38-25-21(29)10-18(11-22(25)37-4)13-30-33-27(36)26(35)32-24-16(2)6-5-7-17(24)3/h5-13H,14H2,1-4H3,(H,31,34)(H,32,35)(H,33,36)/b30-13-. The minimum Gasteiger partial charge on any atom is -0.493 e. The fourth-order valence-electron chi connectivity index (χ4n) is 3.36. The molecule has 38 heavy (non-hydrogen) atoms. The fraction of sp³-hybridized carbons (Fsp3) is 0.185. The van der Waals surface area contributed by atoms with Crippen molar-refractivity contribution in [3.63, 3.8) is 0 Å². The smallest absolute Gasteiger partial charge is 0.329 e. The molecule has 0 radical (unpaired) electrons. The van der Waals surface area contributed by atoms with Crippen molar-refractivity contribution in [3.05, 3.63) is 79.4 Å². The highest BCUT2D eigenvalue weighted by atomic mass is 127. The van der Waals surface area contributed by atoms with Gasteiger partial charge in [-0.15, -0.1) is 0 Å². The minimum atomic E-state index is -0.911. The van der Waals surface area contributed by atoms with Crippen molar-refractivity contribution in [2.24, 2.45) is 5.10 Å². The number of nitrogens with zero attached hydrogens (tertiary/aromatic N) is 1. The minimum absolute atomic E-state index is 0.253. The van der Waals surface area contributed by atoms with Gasteiger partial charge in [0.25, 0.3) is 5.91 Å². The summed E-state index contributed by atoms with van der Waals surface area (Å²) in [7, 11) is 1.47. The molecule has 3 aromatic rings. The second kappa shape index (κ2) is 13.2. The molecule has 3 amide bonds. The average Bonchev–Trinajstić information content (AvgIpc) is 2.87. The monoisotopic (exact) mass is 648 g/mol. The van der Waals surface area contributed by atoms with Gasteiger partial charge < -0.3 is 20.1 Å². The van der Waals surface area contributed by atoms with Gasteiger partial charge in [0.2, 0.25) is 0 Å². The van der Waals surface area contributed by atoms with Crippen molar-refractivity contribution in [1.82, 2.24) is 5.43 Å². The first kappa shape index (κ1) is 28.9. The van der Waals surface area contributed by atoms with E-state index in [2.05, 4.69) is 21.2 Å². The second-order valence-electron chi connectivity index (χ2n) is 8.25.